The van der Waals surface area contributed by atoms with Crippen LogP contribution >= 0.6 is 0 Å². The molecule has 4 nitrogen and oxygen atoms in total. The summed E-state index contributed by atoms with van der Waals surface area (Å²) in [6.45, 7) is 2.65. The van der Waals surface area contributed by atoms with E-state index >= 15 is 0 Å². The van der Waals surface area contributed by atoms with E-state index in [4.69, 9.17) is 8.92 Å². The topological polar surface area (TPSA) is 52.6 Å². The molecule has 0 unspecified atom stereocenters. The summed E-state index contributed by atoms with van der Waals surface area (Å²) in [6.07, 6.45) is 2.40. The monoisotopic (exact) mass is 410 g/mol. The molecule has 0 saturated heterocycles. The van der Waals surface area contributed by atoms with Crippen LogP contribution in [0.2, 0.25) is 0 Å². The minimum absolute atomic E-state index is 0.189. The largest absolute Gasteiger partial charge is 0.489 e. The van der Waals surface area contributed by atoms with Gasteiger partial charge in [-0.3, -0.25) is 4.18 Å². The normalized spacial score (nSPS) is 11.3. The fourth-order valence-corrected chi connectivity index (χ4v) is 3.81. The molecule has 0 aliphatic heterocycles. The van der Waals surface area contributed by atoms with Crippen molar-refractivity contribution in [2.45, 2.75) is 37.7 Å². The van der Waals surface area contributed by atoms with Crippen molar-refractivity contribution < 1.29 is 17.3 Å². The first-order valence-electron chi connectivity index (χ1n) is 9.75. The first-order chi connectivity index (χ1) is 14.0. The molecule has 3 aromatic carbocycles. The van der Waals surface area contributed by atoms with Crippen LogP contribution in [0.5, 0.6) is 5.75 Å². The zero-order valence-corrected chi connectivity index (χ0v) is 17.4. The molecule has 3 aromatic rings. The Labute approximate surface area is 173 Å². The first kappa shape index (κ1) is 21.1. The van der Waals surface area contributed by atoms with Crippen LogP contribution < -0.4 is 4.74 Å². The van der Waals surface area contributed by atoms with Crippen LogP contribution in [0.3, 0.4) is 0 Å². The van der Waals surface area contributed by atoms with Gasteiger partial charge in [0.25, 0.3) is 10.1 Å². The molecule has 0 aliphatic rings. The second-order valence-corrected chi connectivity index (χ2v) is 8.58. The summed E-state index contributed by atoms with van der Waals surface area (Å²) in [6, 6.07) is 24.8. The third-order valence-corrected chi connectivity index (χ3v) is 5.91. The predicted molar refractivity (Wildman–Crippen MR) is 114 cm³/mol. The van der Waals surface area contributed by atoms with Gasteiger partial charge in [0.05, 0.1) is 11.5 Å². The molecule has 0 saturated carbocycles. The lowest BCUT2D eigenvalue weighted by atomic mass is 10.1. The second-order valence-electron chi connectivity index (χ2n) is 6.96. The van der Waals surface area contributed by atoms with E-state index in [0.717, 1.165) is 29.7 Å². The average Bonchev–Trinajstić information content (AvgIpc) is 2.74. The van der Waals surface area contributed by atoms with E-state index in [-0.39, 0.29) is 11.5 Å². The van der Waals surface area contributed by atoms with Gasteiger partial charge in [-0.1, -0.05) is 60.2 Å². The molecule has 0 N–H and O–H groups in total. The van der Waals surface area contributed by atoms with Crippen molar-refractivity contribution in [3.05, 3.63) is 95.6 Å². The summed E-state index contributed by atoms with van der Waals surface area (Å²) in [5.74, 6) is 0.838. The lowest BCUT2D eigenvalue weighted by molar-refractivity contribution is 0.305. The van der Waals surface area contributed by atoms with Crippen molar-refractivity contribution in [1.29, 1.82) is 0 Å². The van der Waals surface area contributed by atoms with Crippen LogP contribution in [-0.4, -0.2) is 15.0 Å². The van der Waals surface area contributed by atoms with E-state index in [9.17, 15) is 8.42 Å². The highest BCUT2D eigenvalue weighted by atomic mass is 32.2. The van der Waals surface area contributed by atoms with Crippen LogP contribution in [-0.2, 0) is 27.3 Å². The number of ether oxygens (including phenoxy) is 1. The molecule has 0 atom stereocenters. The number of hydrogen-bond donors (Lipinski definition) is 0. The average molecular weight is 411 g/mol. The van der Waals surface area contributed by atoms with E-state index in [2.05, 4.69) is 0 Å². The highest BCUT2D eigenvalue weighted by Crippen LogP contribution is 2.17. The number of benzene rings is 3. The van der Waals surface area contributed by atoms with Crippen LogP contribution in [0.25, 0.3) is 0 Å². The van der Waals surface area contributed by atoms with E-state index in [1.165, 1.54) is 5.56 Å². The van der Waals surface area contributed by atoms with E-state index in [1.54, 1.807) is 24.3 Å². The van der Waals surface area contributed by atoms with Crippen LogP contribution in [0.1, 0.15) is 29.5 Å². The minimum atomic E-state index is -3.67. The van der Waals surface area contributed by atoms with Crippen LogP contribution in [0.15, 0.2) is 83.8 Å². The van der Waals surface area contributed by atoms with Crippen molar-refractivity contribution >= 4 is 10.1 Å². The van der Waals surface area contributed by atoms with Gasteiger partial charge in [-0.15, -0.1) is 0 Å². The SMILES string of the molecule is Cc1ccc(S(=O)(=O)OCCCCc2ccc(OCc3ccccc3)cc2)cc1. The van der Waals surface area contributed by atoms with Crippen molar-refractivity contribution in [3.63, 3.8) is 0 Å². The molecule has 0 spiro atoms. The molecule has 0 heterocycles. The molecule has 152 valence electrons. The molecule has 0 fully saturated rings. The quantitative estimate of drug-likeness (QED) is 0.336. The lowest BCUT2D eigenvalue weighted by Crippen LogP contribution is -2.07. The van der Waals surface area contributed by atoms with E-state index < -0.39 is 10.1 Å². The zero-order chi connectivity index (χ0) is 20.5. The highest BCUT2D eigenvalue weighted by molar-refractivity contribution is 7.86. The Morgan fingerprint density at radius 3 is 2.14 bits per heavy atom. The summed E-state index contributed by atoms with van der Waals surface area (Å²) >= 11 is 0. The maximum absolute atomic E-state index is 12.1. The van der Waals surface area contributed by atoms with Gasteiger partial charge in [0.2, 0.25) is 0 Å². The van der Waals surface area contributed by atoms with Gasteiger partial charge in [-0.25, -0.2) is 0 Å². The number of rotatable bonds is 10. The molecule has 0 amide bonds. The summed E-state index contributed by atoms with van der Waals surface area (Å²) in [4.78, 5) is 0.203. The maximum Gasteiger partial charge on any atom is 0.296 e. The van der Waals surface area contributed by atoms with Crippen molar-refractivity contribution in [3.8, 4) is 5.75 Å². The van der Waals surface area contributed by atoms with Crippen molar-refractivity contribution in [1.82, 2.24) is 0 Å². The second kappa shape index (κ2) is 10.2. The Morgan fingerprint density at radius 1 is 0.759 bits per heavy atom. The van der Waals surface area contributed by atoms with Gasteiger partial charge in [-0.2, -0.15) is 8.42 Å². The Balaban J connectivity index is 1.37. The fourth-order valence-electron chi connectivity index (χ4n) is 2.87. The minimum Gasteiger partial charge on any atom is -0.489 e. The van der Waals surface area contributed by atoms with Crippen LogP contribution in [0, 0.1) is 6.92 Å². The van der Waals surface area contributed by atoms with Crippen LogP contribution in [0.4, 0.5) is 0 Å². The third-order valence-electron chi connectivity index (χ3n) is 4.58. The van der Waals surface area contributed by atoms with E-state index in [0.29, 0.717) is 13.0 Å². The Bertz CT molecular complexity index is 979. The summed E-state index contributed by atoms with van der Waals surface area (Å²) < 4.78 is 35.2. The smallest absolute Gasteiger partial charge is 0.296 e. The lowest BCUT2D eigenvalue weighted by Gasteiger charge is -2.08. The van der Waals surface area contributed by atoms with Gasteiger partial charge < -0.3 is 4.74 Å². The molecule has 0 aromatic heterocycles. The molecule has 3 rings (SSSR count). The number of hydrogen-bond acceptors (Lipinski definition) is 4. The molecule has 5 heteroatoms. The summed E-state index contributed by atoms with van der Waals surface area (Å²) in [5, 5.41) is 0. The molecular formula is C24H26O4S. The van der Waals surface area contributed by atoms with Gasteiger partial charge in [0.15, 0.2) is 0 Å². The Morgan fingerprint density at radius 2 is 1.45 bits per heavy atom. The van der Waals surface area contributed by atoms with Gasteiger partial charge in [0.1, 0.15) is 12.4 Å². The molecule has 0 aliphatic carbocycles. The van der Waals surface area contributed by atoms with Gasteiger partial charge in [-0.05, 0) is 61.6 Å². The maximum atomic E-state index is 12.1. The number of unbranched alkanes of at least 4 members (excludes halogenated alkanes) is 1. The Hall–Kier alpha value is -2.63. The van der Waals surface area contributed by atoms with Gasteiger partial charge >= 0.3 is 0 Å². The fraction of sp³-hybridized carbons (Fsp3) is 0.250. The molecule has 0 bridgehead atoms. The highest BCUT2D eigenvalue weighted by Gasteiger charge is 2.14. The van der Waals surface area contributed by atoms with Gasteiger partial charge in [0, 0.05) is 0 Å². The van der Waals surface area contributed by atoms with E-state index in [1.807, 2.05) is 61.5 Å². The molecular weight excluding hydrogens is 384 g/mol. The molecule has 29 heavy (non-hydrogen) atoms. The zero-order valence-electron chi connectivity index (χ0n) is 16.6. The summed E-state index contributed by atoms with van der Waals surface area (Å²) in [5.41, 5.74) is 3.34. The Kier molecular flexibility index (Phi) is 7.44. The standard InChI is InChI=1S/C24H26O4S/c1-20-10-16-24(17-11-20)29(25,26)28-18-6-5-7-21-12-14-23(15-13-21)27-19-22-8-3-2-4-9-22/h2-4,8-17H,5-7,18-19H2,1H3. The third kappa shape index (κ3) is 6.73. The number of aryl methyl sites for hydroxylation is 2. The van der Waals surface area contributed by atoms with Crippen molar-refractivity contribution in [2.75, 3.05) is 6.61 Å². The predicted octanol–water partition coefficient (Wildman–Crippen LogP) is 5.30. The van der Waals surface area contributed by atoms with Crippen molar-refractivity contribution in [2.24, 2.45) is 0 Å². The summed E-state index contributed by atoms with van der Waals surface area (Å²) in [7, 11) is -3.67. The molecule has 0 radical (unpaired) electrons. The first-order valence-corrected chi connectivity index (χ1v) is 11.2.